The summed E-state index contributed by atoms with van der Waals surface area (Å²) in [6.07, 6.45) is 3.52. The summed E-state index contributed by atoms with van der Waals surface area (Å²) in [4.78, 5) is 17.2. The van der Waals surface area contributed by atoms with Crippen LogP contribution in [0.3, 0.4) is 0 Å². The zero-order valence-electron chi connectivity index (χ0n) is 19.6. The predicted octanol–water partition coefficient (Wildman–Crippen LogP) is 3.32. The molecule has 33 heavy (non-hydrogen) atoms. The second-order valence-electron chi connectivity index (χ2n) is 11.0. The molecule has 2 saturated carbocycles. The van der Waals surface area contributed by atoms with Gasteiger partial charge in [-0.15, -0.1) is 0 Å². The Morgan fingerprint density at radius 1 is 1.24 bits per heavy atom. The Morgan fingerprint density at radius 2 is 2.00 bits per heavy atom. The van der Waals surface area contributed by atoms with Crippen molar-refractivity contribution < 1.29 is 24.5 Å². The highest BCUT2D eigenvalue weighted by atomic mass is 16.5. The molecule has 7 heteroatoms. The van der Waals surface area contributed by atoms with Crippen molar-refractivity contribution in [3.8, 4) is 17.1 Å². The molecule has 2 aromatic rings. The van der Waals surface area contributed by atoms with Gasteiger partial charge in [0, 0.05) is 35.4 Å². The molecule has 2 aliphatic carbocycles. The van der Waals surface area contributed by atoms with Crippen LogP contribution in [0.5, 0.6) is 5.75 Å². The molecular weight excluding hydrogens is 422 g/mol. The molecule has 0 spiro atoms. The van der Waals surface area contributed by atoms with Crippen LogP contribution in [-0.4, -0.2) is 38.6 Å². The van der Waals surface area contributed by atoms with Crippen LogP contribution in [0, 0.1) is 28.6 Å². The molecule has 3 N–H and O–H groups in total. The first-order valence-corrected chi connectivity index (χ1v) is 11.8. The first-order chi connectivity index (χ1) is 15.6. The third kappa shape index (κ3) is 2.98. The molecule has 0 aromatic carbocycles. The van der Waals surface area contributed by atoms with E-state index in [4.69, 9.17) is 9.15 Å². The Bertz CT molecular complexity index is 1120. The van der Waals surface area contributed by atoms with Crippen molar-refractivity contribution in [1.82, 2.24) is 4.98 Å². The summed E-state index contributed by atoms with van der Waals surface area (Å²) in [5.41, 5.74) is -1.65. The third-order valence-corrected chi connectivity index (χ3v) is 9.38. The van der Waals surface area contributed by atoms with Gasteiger partial charge in [-0.3, -0.25) is 4.98 Å². The maximum atomic E-state index is 13.1. The standard InChI is InChI=1S/C26H33NO6/c1-14-10-18-24(2,8-7-19(29)25(18,3)13-28)22-21(30)20-17(33-26(14,22)4)11-16(32-23(20)31)15-6-5-9-27-12-15/h5-6,9,11-12,14,18-19,21-22,28-30H,7-8,10,13H2,1-4H3/t14-,18?,19-,21-,22?,24-,25+,26+/m0/s1. The molecule has 0 saturated heterocycles. The summed E-state index contributed by atoms with van der Waals surface area (Å²) in [7, 11) is 0. The van der Waals surface area contributed by atoms with Gasteiger partial charge >= 0.3 is 5.63 Å². The van der Waals surface area contributed by atoms with Crippen LogP contribution >= 0.6 is 0 Å². The number of rotatable bonds is 2. The molecule has 0 radical (unpaired) electrons. The molecular formula is C26H33NO6. The summed E-state index contributed by atoms with van der Waals surface area (Å²) in [5.74, 6) is 0.298. The van der Waals surface area contributed by atoms with Crippen LogP contribution in [0.1, 0.15) is 58.6 Å². The van der Waals surface area contributed by atoms with E-state index in [1.54, 1.807) is 30.6 Å². The van der Waals surface area contributed by atoms with Gasteiger partial charge in [-0.05, 0) is 55.6 Å². The maximum absolute atomic E-state index is 13.1. The smallest absolute Gasteiger partial charge is 0.345 e. The number of ether oxygens (including phenoxy) is 1. The van der Waals surface area contributed by atoms with E-state index in [2.05, 4.69) is 18.8 Å². The summed E-state index contributed by atoms with van der Waals surface area (Å²) in [6.45, 7) is 8.05. The van der Waals surface area contributed by atoms with Crippen molar-refractivity contribution in [3.05, 3.63) is 46.6 Å². The zero-order valence-corrected chi connectivity index (χ0v) is 19.6. The fourth-order valence-corrected chi connectivity index (χ4v) is 7.34. The lowest BCUT2D eigenvalue weighted by molar-refractivity contribution is -0.248. The second kappa shape index (κ2) is 7.39. The van der Waals surface area contributed by atoms with Gasteiger partial charge < -0.3 is 24.5 Å². The number of aromatic nitrogens is 1. The largest absolute Gasteiger partial charge is 0.486 e. The minimum atomic E-state index is -1.08. The summed E-state index contributed by atoms with van der Waals surface area (Å²) < 4.78 is 12.2. The molecule has 2 aromatic heterocycles. The van der Waals surface area contributed by atoms with Crippen LogP contribution in [0.4, 0.5) is 0 Å². The van der Waals surface area contributed by atoms with Gasteiger partial charge in [0.25, 0.3) is 0 Å². The van der Waals surface area contributed by atoms with Crippen molar-refractivity contribution in [2.45, 2.75) is 64.8 Å². The SMILES string of the molecule is C[C@H]1CC2[C@](C)(CC[C@H](O)[C@]2(C)CO)C2[C@@H](O)c3c(cc(-c4cccnc4)oc3=O)O[C@@]21C. The predicted molar refractivity (Wildman–Crippen MR) is 122 cm³/mol. The third-order valence-electron chi connectivity index (χ3n) is 9.38. The van der Waals surface area contributed by atoms with Crippen LogP contribution in [0.2, 0.25) is 0 Å². The fourth-order valence-electron chi connectivity index (χ4n) is 7.34. The van der Waals surface area contributed by atoms with Crippen molar-refractivity contribution in [3.63, 3.8) is 0 Å². The van der Waals surface area contributed by atoms with E-state index >= 15 is 0 Å². The molecule has 7 nitrogen and oxygen atoms in total. The van der Waals surface area contributed by atoms with Gasteiger partial charge in [0.1, 0.15) is 22.7 Å². The number of aliphatic hydroxyl groups excluding tert-OH is 3. The highest BCUT2D eigenvalue weighted by Gasteiger charge is 2.68. The second-order valence-corrected chi connectivity index (χ2v) is 11.0. The number of aliphatic hydroxyl groups is 3. The minimum absolute atomic E-state index is 0.0219. The van der Waals surface area contributed by atoms with E-state index in [0.717, 1.165) is 6.42 Å². The molecule has 5 rings (SSSR count). The molecule has 0 amide bonds. The molecule has 3 aliphatic rings. The number of hydrogen-bond acceptors (Lipinski definition) is 7. The number of pyridine rings is 1. The molecule has 0 bridgehead atoms. The fraction of sp³-hybridized carbons (Fsp3) is 0.615. The molecule has 178 valence electrons. The maximum Gasteiger partial charge on any atom is 0.345 e. The van der Waals surface area contributed by atoms with Gasteiger partial charge in [-0.2, -0.15) is 0 Å². The van der Waals surface area contributed by atoms with Crippen molar-refractivity contribution in [2.24, 2.45) is 28.6 Å². The van der Waals surface area contributed by atoms with E-state index in [0.29, 0.717) is 29.9 Å². The van der Waals surface area contributed by atoms with Crippen LogP contribution in [-0.2, 0) is 0 Å². The Kier molecular flexibility index (Phi) is 5.05. The lowest BCUT2D eigenvalue weighted by Gasteiger charge is -2.66. The van der Waals surface area contributed by atoms with Crippen LogP contribution in [0.25, 0.3) is 11.3 Å². The van der Waals surface area contributed by atoms with Crippen molar-refractivity contribution in [2.75, 3.05) is 6.61 Å². The Morgan fingerprint density at radius 3 is 2.67 bits per heavy atom. The molecule has 2 fully saturated rings. The Labute approximate surface area is 193 Å². The van der Waals surface area contributed by atoms with E-state index in [1.807, 2.05) is 13.8 Å². The number of fused-ring (bicyclic) bond motifs is 4. The van der Waals surface area contributed by atoms with E-state index in [9.17, 15) is 20.1 Å². The molecule has 8 atom stereocenters. The summed E-state index contributed by atoms with van der Waals surface area (Å²) in [6, 6.07) is 5.25. The zero-order chi connectivity index (χ0) is 23.8. The van der Waals surface area contributed by atoms with E-state index in [-0.39, 0.29) is 24.0 Å². The lowest BCUT2D eigenvalue weighted by atomic mass is 9.41. The Balaban J connectivity index is 1.65. The summed E-state index contributed by atoms with van der Waals surface area (Å²) >= 11 is 0. The average molecular weight is 456 g/mol. The van der Waals surface area contributed by atoms with Gasteiger partial charge in [0.05, 0.1) is 18.8 Å². The Hall–Kier alpha value is -2.22. The summed E-state index contributed by atoms with van der Waals surface area (Å²) in [5, 5.41) is 32.8. The van der Waals surface area contributed by atoms with E-state index in [1.165, 1.54) is 0 Å². The van der Waals surface area contributed by atoms with Crippen LogP contribution < -0.4 is 10.4 Å². The first-order valence-electron chi connectivity index (χ1n) is 11.8. The molecule has 2 unspecified atom stereocenters. The van der Waals surface area contributed by atoms with Gasteiger partial charge in [0.15, 0.2) is 0 Å². The number of hydrogen-bond donors (Lipinski definition) is 3. The minimum Gasteiger partial charge on any atom is -0.486 e. The first kappa shape index (κ1) is 22.6. The monoisotopic (exact) mass is 455 g/mol. The van der Waals surface area contributed by atoms with Gasteiger partial charge in [0.2, 0.25) is 0 Å². The number of nitrogens with zero attached hydrogens (tertiary/aromatic N) is 1. The molecule has 3 heterocycles. The topological polar surface area (TPSA) is 113 Å². The van der Waals surface area contributed by atoms with Crippen molar-refractivity contribution in [1.29, 1.82) is 0 Å². The van der Waals surface area contributed by atoms with E-state index < -0.39 is 40.2 Å². The van der Waals surface area contributed by atoms with Gasteiger partial charge in [-0.1, -0.05) is 20.8 Å². The lowest BCUT2D eigenvalue weighted by Crippen LogP contribution is -2.68. The van der Waals surface area contributed by atoms with Crippen molar-refractivity contribution >= 4 is 0 Å². The quantitative estimate of drug-likeness (QED) is 0.637. The highest BCUT2D eigenvalue weighted by molar-refractivity contribution is 5.59. The normalized spacial score (nSPS) is 42.0. The molecule has 1 aliphatic heterocycles. The average Bonchev–Trinajstić information content (AvgIpc) is 2.78. The highest BCUT2D eigenvalue weighted by Crippen LogP contribution is 2.67. The van der Waals surface area contributed by atoms with Gasteiger partial charge in [-0.25, -0.2) is 4.79 Å². The van der Waals surface area contributed by atoms with Crippen LogP contribution in [0.15, 0.2) is 39.8 Å².